The van der Waals surface area contributed by atoms with Crippen molar-refractivity contribution in [3.8, 4) is 5.75 Å². The normalized spacial score (nSPS) is 12.2. The summed E-state index contributed by atoms with van der Waals surface area (Å²) in [6.45, 7) is 2.07. The topological polar surface area (TPSA) is 35.2 Å². The minimum Gasteiger partial charge on any atom is -0.496 e. The largest absolute Gasteiger partial charge is 0.496 e. The zero-order valence-electron chi connectivity index (χ0n) is 11.5. The van der Waals surface area contributed by atoms with Crippen molar-refractivity contribution < 1.29 is 4.74 Å². The van der Waals surface area contributed by atoms with Gasteiger partial charge in [-0.05, 0) is 64.2 Å². The second-order valence-corrected chi connectivity index (χ2v) is 6.50. The van der Waals surface area contributed by atoms with Crippen LogP contribution in [0.4, 0.5) is 0 Å². The second-order valence-electron chi connectivity index (χ2n) is 4.79. The maximum atomic E-state index is 6.30. The van der Waals surface area contributed by atoms with Crippen molar-refractivity contribution in [1.82, 2.24) is 0 Å². The molecule has 1 atom stereocenters. The molecule has 1 unspecified atom stereocenters. The van der Waals surface area contributed by atoms with Gasteiger partial charge in [0.05, 0.1) is 11.6 Å². The molecule has 0 saturated heterocycles. The second kappa shape index (κ2) is 6.74. The number of rotatable bonds is 4. The molecule has 4 heteroatoms. The number of benzene rings is 2. The highest BCUT2D eigenvalue weighted by molar-refractivity contribution is 9.10. The summed E-state index contributed by atoms with van der Waals surface area (Å²) in [7, 11) is 1.66. The number of hydrogen-bond donors (Lipinski definition) is 1. The van der Waals surface area contributed by atoms with Crippen LogP contribution in [0.3, 0.4) is 0 Å². The van der Waals surface area contributed by atoms with Gasteiger partial charge >= 0.3 is 0 Å². The van der Waals surface area contributed by atoms with Crippen molar-refractivity contribution in [2.24, 2.45) is 5.73 Å². The fraction of sp³-hybridized carbons (Fsp3) is 0.250. The van der Waals surface area contributed by atoms with Crippen molar-refractivity contribution in [2.45, 2.75) is 19.4 Å². The SMILES string of the molecule is COc1ccc(CC(N)c2ccc(C)c(Br)c2)cc1Br. The Morgan fingerprint density at radius 3 is 2.45 bits per heavy atom. The molecule has 0 radical (unpaired) electrons. The molecule has 2 aromatic rings. The van der Waals surface area contributed by atoms with E-state index in [0.717, 1.165) is 26.7 Å². The first kappa shape index (κ1) is 15.5. The Hall–Kier alpha value is -0.840. The molecule has 2 aromatic carbocycles. The van der Waals surface area contributed by atoms with E-state index in [9.17, 15) is 0 Å². The number of hydrogen-bond acceptors (Lipinski definition) is 2. The van der Waals surface area contributed by atoms with Crippen LogP contribution in [0.1, 0.15) is 22.7 Å². The standard InChI is InChI=1S/C16H17Br2NO/c1-10-3-5-12(9-13(10)17)15(19)8-11-4-6-16(20-2)14(18)7-11/h3-7,9,15H,8,19H2,1-2H3. The van der Waals surface area contributed by atoms with E-state index in [1.807, 2.05) is 12.1 Å². The molecule has 0 heterocycles. The Morgan fingerprint density at radius 2 is 1.85 bits per heavy atom. The van der Waals surface area contributed by atoms with Gasteiger partial charge in [0.15, 0.2) is 0 Å². The predicted molar refractivity (Wildman–Crippen MR) is 90.2 cm³/mol. The molecule has 20 heavy (non-hydrogen) atoms. The summed E-state index contributed by atoms with van der Waals surface area (Å²) in [4.78, 5) is 0. The molecule has 2 rings (SSSR count). The molecular weight excluding hydrogens is 382 g/mol. The maximum Gasteiger partial charge on any atom is 0.133 e. The van der Waals surface area contributed by atoms with Gasteiger partial charge in [0.2, 0.25) is 0 Å². The number of methoxy groups -OCH3 is 1. The molecule has 2 N–H and O–H groups in total. The molecule has 0 amide bonds. The van der Waals surface area contributed by atoms with Crippen LogP contribution in [0.5, 0.6) is 5.75 Å². The molecule has 0 saturated carbocycles. The first-order valence-electron chi connectivity index (χ1n) is 6.35. The van der Waals surface area contributed by atoms with Crippen LogP contribution in [0.25, 0.3) is 0 Å². The molecule has 2 nitrogen and oxygen atoms in total. The Labute approximate surface area is 136 Å². The van der Waals surface area contributed by atoms with Gasteiger partial charge in [-0.3, -0.25) is 0 Å². The molecule has 0 fully saturated rings. The lowest BCUT2D eigenvalue weighted by Gasteiger charge is -2.14. The Morgan fingerprint density at radius 1 is 1.10 bits per heavy atom. The van der Waals surface area contributed by atoms with Crippen LogP contribution in [0, 0.1) is 6.92 Å². The van der Waals surface area contributed by atoms with Crippen LogP contribution >= 0.6 is 31.9 Å². The smallest absolute Gasteiger partial charge is 0.133 e. The van der Waals surface area contributed by atoms with Crippen LogP contribution in [0.2, 0.25) is 0 Å². The minimum absolute atomic E-state index is 0.0211. The molecular formula is C16H17Br2NO. The summed E-state index contributed by atoms with van der Waals surface area (Å²) in [6.07, 6.45) is 0.790. The highest BCUT2D eigenvalue weighted by Crippen LogP contribution is 2.28. The lowest BCUT2D eigenvalue weighted by molar-refractivity contribution is 0.412. The van der Waals surface area contributed by atoms with Crippen LogP contribution in [0.15, 0.2) is 45.3 Å². The van der Waals surface area contributed by atoms with Gasteiger partial charge in [-0.1, -0.05) is 34.1 Å². The van der Waals surface area contributed by atoms with Crippen LogP contribution < -0.4 is 10.5 Å². The third-order valence-corrected chi connectivity index (χ3v) is 4.77. The summed E-state index contributed by atoms with van der Waals surface area (Å²) < 4.78 is 7.29. The van der Waals surface area contributed by atoms with Crippen molar-refractivity contribution in [3.63, 3.8) is 0 Å². The predicted octanol–water partition coefficient (Wildman–Crippen LogP) is 4.77. The zero-order valence-corrected chi connectivity index (χ0v) is 14.7. The quantitative estimate of drug-likeness (QED) is 0.804. The highest BCUT2D eigenvalue weighted by Gasteiger charge is 2.10. The average Bonchev–Trinajstić information content (AvgIpc) is 2.42. The van der Waals surface area contributed by atoms with Gasteiger partial charge in [-0.15, -0.1) is 0 Å². The van der Waals surface area contributed by atoms with Gasteiger partial charge in [0, 0.05) is 10.5 Å². The Bertz CT molecular complexity index is 613. The summed E-state index contributed by atoms with van der Waals surface area (Å²) in [5.41, 5.74) is 9.83. The fourth-order valence-corrected chi connectivity index (χ4v) is 3.03. The average molecular weight is 399 g/mol. The van der Waals surface area contributed by atoms with Crippen LogP contribution in [-0.4, -0.2) is 7.11 Å². The van der Waals surface area contributed by atoms with Gasteiger partial charge < -0.3 is 10.5 Å². The number of aryl methyl sites for hydroxylation is 1. The van der Waals surface area contributed by atoms with E-state index in [0.29, 0.717) is 0 Å². The maximum absolute atomic E-state index is 6.30. The zero-order chi connectivity index (χ0) is 14.7. The van der Waals surface area contributed by atoms with E-state index in [2.05, 4.69) is 63.0 Å². The molecule has 0 aromatic heterocycles. The molecule has 0 aliphatic carbocycles. The summed E-state index contributed by atoms with van der Waals surface area (Å²) in [6, 6.07) is 12.3. The van der Waals surface area contributed by atoms with Crippen molar-refractivity contribution in [1.29, 1.82) is 0 Å². The van der Waals surface area contributed by atoms with E-state index in [-0.39, 0.29) is 6.04 Å². The number of halogens is 2. The van der Waals surface area contributed by atoms with E-state index >= 15 is 0 Å². The minimum atomic E-state index is -0.0211. The van der Waals surface area contributed by atoms with Gasteiger partial charge in [0.25, 0.3) is 0 Å². The monoisotopic (exact) mass is 397 g/mol. The fourth-order valence-electron chi connectivity index (χ4n) is 2.05. The highest BCUT2D eigenvalue weighted by atomic mass is 79.9. The summed E-state index contributed by atoms with van der Waals surface area (Å²) in [5, 5.41) is 0. The lowest BCUT2D eigenvalue weighted by Crippen LogP contribution is -2.13. The molecule has 106 valence electrons. The van der Waals surface area contributed by atoms with Crippen molar-refractivity contribution in [3.05, 3.63) is 62.0 Å². The third kappa shape index (κ3) is 3.62. The van der Waals surface area contributed by atoms with Crippen LogP contribution in [-0.2, 0) is 6.42 Å². The van der Waals surface area contributed by atoms with Gasteiger partial charge in [-0.2, -0.15) is 0 Å². The van der Waals surface area contributed by atoms with E-state index in [1.54, 1.807) is 7.11 Å². The number of nitrogens with two attached hydrogens (primary N) is 1. The van der Waals surface area contributed by atoms with E-state index in [4.69, 9.17) is 10.5 Å². The lowest BCUT2D eigenvalue weighted by atomic mass is 9.99. The van der Waals surface area contributed by atoms with E-state index < -0.39 is 0 Å². The molecule has 0 aliphatic rings. The van der Waals surface area contributed by atoms with Crippen molar-refractivity contribution in [2.75, 3.05) is 7.11 Å². The van der Waals surface area contributed by atoms with Crippen molar-refractivity contribution >= 4 is 31.9 Å². The van der Waals surface area contributed by atoms with Gasteiger partial charge in [0.1, 0.15) is 5.75 Å². The Balaban J connectivity index is 2.16. The summed E-state index contributed by atoms with van der Waals surface area (Å²) >= 11 is 7.05. The van der Waals surface area contributed by atoms with E-state index in [1.165, 1.54) is 11.1 Å². The number of ether oxygens (including phenoxy) is 1. The molecule has 0 aliphatic heterocycles. The summed E-state index contributed by atoms with van der Waals surface area (Å²) in [5.74, 6) is 0.834. The first-order valence-corrected chi connectivity index (χ1v) is 7.94. The third-order valence-electron chi connectivity index (χ3n) is 3.30. The molecule has 0 bridgehead atoms. The Kier molecular flexibility index (Phi) is 5.24. The first-order chi connectivity index (χ1) is 9.51. The van der Waals surface area contributed by atoms with Gasteiger partial charge in [-0.25, -0.2) is 0 Å². The molecule has 0 spiro atoms.